The summed E-state index contributed by atoms with van der Waals surface area (Å²) in [5, 5.41) is 12.6. The summed E-state index contributed by atoms with van der Waals surface area (Å²) in [7, 11) is -3.60. The van der Waals surface area contributed by atoms with Crippen LogP contribution in [0, 0.1) is 6.54 Å². The highest BCUT2D eigenvalue weighted by Gasteiger charge is 2.43. The van der Waals surface area contributed by atoms with Crippen molar-refractivity contribution in [3.05, 3.63) is 115 Å². The van der Waals surface area contributed by atoms with Crippen LogP contribution < -0.4 is 20.1 Å². The fourth-order valence-corrected chi connectivity index (χ4v) is 7.05. The highest BCUT2D eigenvalue weighted by molar-refractivity contribution is 7.87. The van der Waals surface area contributed by atoms with E-state index in [1.54, 1.807) is 17.4 Å². The molecule has 249 valence electrons. The SMILES string of the molecule is CC(C)(C)c1cc(NC(=O)Nc2ccc(OCCc3cccnc3)c3ccccc23)n(-c2ccc(CN3C(C)(C)[CH]NS3(=O)=O)cc2)n1. The number of nitrogens with one attached hydrogen (secondary N) is 3. The van der Waals surface area contributed by atoms with Gasteiger partial charge in [-0.25, -0.2) is 9.48 Å². The molecule has 3 N–H and O–H groups in total. The maximum atomic E-state index is 13.5. The van der Waals surface area contributed by atoms with Gasteiger partial charge in [-0.2, -0.15) is 22.5 Å². The first-order chi connectivity index (χ1) is 22.8. The van der Waals surface area contributed by atoms with Gasteiger partial charge in [0.1, 0.15) is 11.6 Å². The second kappa shape index (κ2) is 13.0. The number of hydrogen-bond acceptors (Lipinski definition) is 6. The molecule has 12 heteroatoms. The van der Waals surface area contributed by atoms with Crippen molar-refractivity contribution >= 4 is 38.5 Å². The molecule has 0 spiro atoms. The van der Waals surface area contributed by atoms with Gasteiger partial charge in [-0.1, -0.05) is 63.2 Å². The predicted octanol–water partition coefficient (Wildman–Crippen LogP) is 6.57. The Balaban J connectivity index is 1.20. The molecule has 0 atom stereocenters. The zero-order chi connectivity index (χ0) is 34.1. The number of amides is 2. The highest BCUT2D eigenvalue weighted by Crippen LogP contribution is 2.33. The Labute approximate surface area is 281 Å². The topological polar surface area (TPSA) is 130 Å². The molecule has 3 aromatic carbocycles. The molecule has 0 bridgehead atoms. The van der Waals surface area contributed by atoms with Crippen molar-refractivity contribution in [2.24, 2.45) is 0 Å². The molecular formula is C36H40N7O4S. The van der Waals surface area contributed by atoms with Crippen LogP contribution in [0.15, 0.2) is 91.3 Å². The van der Waals surface area contributed by atoms with E-state index in [0.717, 1.165) is 45.5 Å². The molecule has 3 heterocycles. The van der Waals surface area contributed by atoms with E-state index in [-0.39, 0.29) is 12.0 Å². The molecule has 0 aliphatic carbocycles. The van der Waals surface area contributed by atoms with Crippen LogP contribution in [-0.4, -0.2) is 45.7 Å². The minimum Gasteiger partial charge on any atom is -0.493 e. The zero-order valence-corrected chi connectivity index (χ0v) is 28.5. The van der Waals surface area contributed by atoms with Crippen molar-refractivity contribution < 1.29 is 17.9 Å². The molecule has 0 unspecified atom stereocenters. The van der Waals surface area contributed by atoms with Crippen LogP contribution in [0.1, 0.15) is 51.4 Å². The van der Waals surface area contributed by atoms with E-state index in [0.29, 0.717) is 18.1 Å². The number of carbonyl (C=O) groups excluding carboxylic acids is 1. The van der Waals surface area contributed by atoms with E-state index in [2.05, 4.69) is 41.1 Å². The lowest BCUT2D eigenvalue weighted by Crippen LogP contribution is -2.40. The van der Waals surface area contributed by atoms with Gasteiger partial charge in [-0.3, -0.25) is 10.3 Å². The number of rotatable bonds is 9. The quantitative estimate of drug-likeness (QED) is 0.163. The number of benzene rings is 3. The summed E-state index contributed by atoms with van der Waals surface area (Å²) in [6, 6.07) is 24.3. The van der Waals surface area contributed by atoms with E-state index in [1.165, 1.54) is 4.31 Å². The number of ether oxygens (including phenoxy) is 1. The molecule has 1 radical (unpaired) electrons. The average Bonchev–Trinajstić information content (AvgIpc) is 3.57. The van der Waals surface area contributed by atoms with E-state index >= 15 is 0 Å². The summed E-state index contributed by atoms with van der Waals surface area (Å²) in [4.78, 5) is 17.6. The lowest BCUT2D eigenvalue weighted by molar-refractivity contribution is 0.262. The van der Waals surface area contributed by atoms with Crippen LogP contribution in [0.2, 0.25) is 0 Å². The lowest BCUT2D eigenvalue weighted by Gasteiger charge is -2.27. The number of hydrogen-bond donors (Lipinski definition) is 3. The summed E-state index contributed by atoms with van der Waals surface area (Å²) in [5.74, 6) is 1.23. The van der Waals surface area contributed by atoms with E-state index in [9.17, 15) is 13.2 Å². The molecular weight excluding hydrogens is 627 g/mol. The predicted molar refractivity (Wildman–Crippen MR) is 188 cm³/mol. The second-order valence-corrected chi connectivity index (χ2v) is 15.0. The fourth-order valence-electron chi connectivity index (χ4n) is 5.50. The molecule has 2 aromatic heterocycles. The van der Waals surface area contributed by atoms with Gasteiger partial charge in [-0.15, -0.1) is 0 Å². The van der Waals surface area contributed by atoms with E-state index < -0.39 is 21.8 Å². The first-order valence-corrected chi connectivity index (χ1v) is 17.2. The molecule has 6 rings (SSSR count). The number of fused-ring (bicyclic) bond motifs is 1. The van der Waals surface area contributed by atoms with Gasteiger partial charge in [0.25, 0.3) is 10.2 Å². The zero-order valence-electron chi connectivity index (χ0n) is 27.7. The molecule has 5 aromatic rings. The third-order valence-electron chi connectivity index (χ3n) is 8.22. The summed E-state index contributed by atoms with van der Waals surface area (Å²) in [5.41, 5.74) is 3.13. The van der Waals surface area contributed by atoms with Crippen molar-refractivity contribution in [1.29, 1.82) is 0 Å². The summed E-state index contributed by atoms with van der Waals surface area (Å²) >= 11 is 0. The van der Waals surface area contributed by atoms with E-state index in [1.807, 2.05) is 98.9 Å². The standard InChI is InChI=1S/C36H40N7O4S/c1-35(2,3)32-21-33(43(41-32)27-14-12-26(13-15-27)23-42-36(4,5)24-38-48(42,45)46)40-34(44)39-30-16-17-31(29-11-7-6-10-28(29)30)47-20-18-25-9-8-19-37-22-25/h6-17,19,21-22,24,38H,18,20,23H2,1-5H3,(H2,39,40,44). The van der Waals surface area contributed by atoms with Crippen LogP contribution in [0.5, 0.6) is 5.75 Å². The van der Waals surface area contributed by atoms with Crippen molar-refractivity contribution in [1.82, 2.24) is 23.8 Å². The highest BCUT2D eigenvalue weighted by atomic mass is 32.2. The second-order valence-electron chi connectivity index (χ2n) is 13.4. The molecule has 1 aliphatic heterocycles. The van der Waals surface area contributed by atoms with Gasteiger partial charge < -0.3 is 10.1 Å². The molecule has 11 nitrogen and oxygen atoms in total. The van der Waals surface area contributed by atoms with Crippen LogP contribution in [-0.2, 0) is 28.6 Å². The van der Waals surface area contributed by atoms with Gasteiger partial charge in [-0.05, 0) is 55.3 Å². The minimum atomic E-state index is -3.60. The van der Waals surface area contributed by atoms with Gasteiger partial charge in [0.15, 0.2) is 0 Å². The number of carbonyl (C=O) groups is 1. The Bertz CT molecular complexity index is 2040. The summed E-state index contributed by atoms with van der Waals surface area (Å²) in [6.07, 6.45) is 4.31. The monoisotopic (exact) mass is 666 g/mol. The number of anilines is 2. The van der Waals surface area contributed by atoms with Gasteiger partial charge >= 0.3 is 6.03 Å². The third kappa shape index (κ3) is 7.20. The lowest BCUT2D eigenvalue weighted by atomic mass is 9.92. The molecule has 48 heavy (non-hydrogen) atoms. The largest absolute Gasteiger partial charge is 0.493 e. The van der Waals surface area contributed by atoms with Crippen LogP contribution in [0.3, 0.4) is 0 Å². The number of urea groups is 1. The van der Waals surface area contributed by atoms with Crippen molar-refractivity contribution in [2.75, 3.05) is 17.2 Å². The van der Waals surface area contributed by atoms with Crippen molar-refractivity contribution in [3.63, 3.8) is 0 Å². The van der Waals surface area contributed by atoms with Gasteiger partial charge in [0.05, 0.1) is 30.2 Å². The minimum absolute atomic E-state index is 0.210. The maximum Gasteiger partial charge on any atom is 0.324 e. The first-order valence-electron chi connectivity index (χ1n) is 15.8. The smallest absolute Gasteiger partial charge is 0.324 e. The molecule has 1 saturated heterocycles. The normalized spacial score (nSPS) is 15.8. The molecule has 1 aliphatic rings. The van der Waals surface area contributed by atoms with Crippen molar-refractivity contribution in [3.8, 4) is 11.4 Å². The van der Waals surface area contributed by atoms with Crippen molar-refractivity contribution in [2.45, 2.75) is 58.5 Å². The Kier molecular flexibility index (Phi) is 8.99. The molecule has 2 amide bonds. The van der Waals surface area contributed by atoms with Gasteiger partial charge in [0.2, 0.25) is 0 Å². The van der Waals surface area contributed by atoms with Crippen LogP contribution in [0.25, 0.3) is 16.5 Å². The Morgan fingerprint density at radius 1 is 0.938 bits per heavy atom. The molecule has 0 saturated carbocycles. The Morgan fingerprint density at radius 2 is 1.69 bits per heavy atom. The Hall–Kier alpha value is -4.78. The summed E-state index contributed by atoms with van der Waals surface area (Å²) in [6.45, 7) is 12.1. The number of nitrogens with zero attached hydrogens (tertiary/aromatic N) is 4. The number of aromatic nitrogens is 3. The fraction of sp³-hybridized carbons (Fsp3) is 0.278. The average molecular weight is 667 g/mol. The number of pyridine rings is 1. The Morgan fingerprint density at radius 3 is 2.35 bits per heavy atom. The first kappa shape index (κ1) is 33.1. The van der Waals surface area contributed by atoms with Gasteiger partial charge in [0, 0.05) is 53.2 Å². The summed E-state index contributed by atoms with van der Waals surface area (Å²) < 4.78 is 36.8. The van der Waals surface area contributed by atoms with E-state index in [4.69, 9.17) is 9.84 Å². The maximum absolute atomic E-state index is 13.5. The van der Waals surface area contributed by atoms with Crippen LogP contribution >= 0.6 is 0 Å². The third-order valence-corrected chi connectivity index (χ3v) is 9.82. The van der Waals surface area contributed by atoms with Crippen LogP contribution in [0.4, 0.5) is 16.3 Å². The molecule has 1 fully saturated rings.